The summed E-state index contributed by atoms with van der Waals surface area (Å²) < 4.78 is 12.6. The molecule has 2 aromatic carbocycles. The van der Waals surface area contributed by atoms with Gasteiger partial charge in [0.2, 0.25) is 0 Å². The van der Waals surface area contributed by atoms with Gasteiger partial charge in [-0.15, -0.1) is 0 Å². The highest BCUT2D eigenvalue weighted by Gasteiger charge is 2.35. The van der Waals surface area contributed by atoms with E-state index in [2.05, 4.69) is 63.0 Å². The first-order valence-corrected chi connectivity index (χ1v) is 11.3. The summed E-state index contributed by atoms with van der Waals surface area (Å²) in [6.45, 7) is 8.96. The van der Waals surface area contributed by atoms with Gasteiger partial charge >= 0.3 is 0 Å². The van der Waals surface area contributed by atoms with Crippen LogP contribution < -0.4 is 0 Å². The SMILES string of the molecule is Cc1cccc2c1[nH]c1c(C)c(C3OC(CCC4CCC(C)O4)CC3C)ccc12. The molecule has 0 bridgehead atoms. The maximum Gasteiger partial charge on any atom is 0.0858 e. The van der Waals surface area contributed by atoms with Crippen LogP contribution in [0, 0.1) is 19.8 Å². The highest BCUT2D eigenvalue weighted by molar-refractivity contribution is 6.09. The Balaban J connectivity index is 1.38. The van der Waals surface area contributed by atoms with Crippen LogP contribution in [0.2, 0.25) is 0 Å². The maximum absolute atomic E-state index is 6.60. The van der Waals surface area contributed by atoms with E-state index in [0.717, 1.165) is 19.3 Å². The normalized spacial score (nSPS) is 30.0. The molecule has 1 N–H and O–H groups in total. The van der Waals surface area contributed by atoms with Crippen molar-refractivity contribution in [3.05, 3.63) is 47.0 Å². The number of aromatic nitrogens is 1. The molecule has 3 nitrogen and oxygen atoms in total. The maximum atomic E-state index is 6.60. The molecule has 0 saturated carbocycles. The van der Waals surface area contributed by atoms with Crippen molar-refractivity contribution in [2.75, 3.05) is 0 Å². The van der Waals surface area contributed by atoms with Gasteiger partial charge in [-0.25, -0.2) is 0 Å². The van der Waals surface area contributed by atoms with E-state index in [-0.39, 0.29) is 6.10 Å². The summed E-state index contributed by atoms with van der Waals surface area (Å²) in [6, 6.07) is 11.1. The van der Waals surface area contributed by atoms with E-state index in [0.29, 0.717) is 24.2 Å². The Hall–Kier alpha value is -1.84. The average molecular weight is 392 g/mol. The van der Waals surface area contributed by atoms with Crippen molar-refractivity contribution in [2.24, 2.45) is 5.92 Å². The smallest absolute Gasteiger partial charge is 0.0858 e. The number of fused-ring (bicyclic) bond motifs is 3. The number of aromatic amines is 1. The van der Waals surface area contributed by atoms with Crippen molar-refractivity contribution in [1.29, 1.82) is 0 Å². The van der Waals surface area contributed by atoms with Crippen LogP contribution >= 0.6 is 0 Å². The van der Waals surface area contributed by atoms with Crippen LogP contribution in [0.1, 0.15) is 68.7 Å². The number of ether oxygens (including phenoxy) is 2. The van der Waals surface area contributed by atoms with Gasteiger partial charge in [-0.3, -0.25) is 0 Å². The van der Waals surface area contributed by atoms with E-state index in [1.54, 1.807) is 0 Å². The summed E-state index contributed by atoms with van der Waals surface area (Å²) in [4.78, 5) is 3.70. The minimum Gasteiger partial charge on any atom is -0.375 e. The lowest BCUT2D eigenvalue weighted by molar-refractivity contribution is 0.00958. The standard InChI is InChI=1S/C26H33NO2/c1-15-6-5-7-22-23-13-12-21(18(4)25(23)27-24(15)22)26-16(2)14-20(29-26)11-10-19-9-8-17(3)28-19/h5-7,12-13,16-17,19-20,26-27H,8-11,14H2,1-4H3. The fourth-order valence-corrected chi connectivity index (χ4v) is 5.58. The molecular formula is C26H33NO2. The summed E-state index contributed by atoms with van der Waals surface area (Å²) in [5.74, 6) is 0.547. The lowest BCUT2D eigenvalue weighted by Gasteiger charge is -2.19. The Morgan fingerprint density at radius 2 is 1.69 bits per heavy atom. The van der Waals surface area contributed by atoms with E-state index in [4.69, 9.17) is 9.47 Å². The van der Waals surface area contributed by atoms with E-state index in [9.17, 15) is 0 Å². The quantitative estimate of drug-likeness (QED) is 0.533. The molecule has 2 fully saturated rings. The lowest BCUT2D eigenvalue weighted by atomic mass is 9.91. The zero-order chi connectivity index (χ0) is 20.1. The van der Waals surface area contributed by atoms with Crippen LogP contribution in [0.15, 0.2) is 30.3 Å². The van der Waals surface area contributed by atoms with Gasteiger partial charge < -0.3 is 14.5 Å². The van der Waals surface area contributed by atoms with Crippen LogP contribution in [0.25, 0.3) is 21.8 Å². The molecule has 2 aliphatic rings. The molecule has 1 aromatic heterocycles. The van der Waals surface area contributed by atoms with Crippen LogP contribution in [0.4, 0.5) is 0 Å². The van der Waals surface area contributed by atoms with E-state index in [1.165, 1.54) is 51.3 Å². The molecule has 29 heavy (non-hydrogen) atoms. The van der Waals surface area contributed by atoms with Crippen molar-refractivity contribution in [1.82, 2.24) is 4.98 Å². The van der Waals surface area contributed by atoms with Gasteiger partial charge in [-0.2, -0.15) is 0 Å². The first-order chi connectivity index (χ1) is 14.0. The van der Waals surface area contributed by atoms with Gasteiger partial charge in [0.05, 0.1) is 24.4 Å². The van der Waals surface area contributed by atoms with Crippen molar-refractivity contribution >= 4 is 21.8 Å². The highest BCUT2D eigenvalue weighted by Crippen LogP contribution is 2.43. The molecule has 5 atom stereocenters. The van der Waals surface area contributed by atoms with Crippen molar-refractivity contribution in [2.45, 2.75) is 84.2 Å². The Labute approximate surface area is 173 Å². The third-order valence-electron chi connectivity index (χ3n) is 7.25. The molecule has 0 spiro atoms. The van der Waals surface area contributed by atoms with Gasteiger partial charge in [0.1, 0.15) is 0 Å². The van der Waals surface area contributed by atoms with Crippen LogP contribution in [0.3, 0.4) is 0 Å². The predicted molar refractivity (Wildman–Crippen MR) is 119 cm³/mol. The van der Waals surface area contributed by atoms with Crippen LogP contribution in [-0.2, 0) is 9.47 Å². The number of para-hydroxylation sites is 1. The fraction of sp³-hybridized carbons (Fsp3) is 0.538. The second kappa shape index (κ2) is 7.45. The molecule has 3 heteroatoms. The fourth-order valence-electron chi connectivity index (χ4n) is 5.58. The number of nitrogens with one attached hydrogen (secondary N) is 1. The summed E-state index contributed by atoms with van der Waals surface area (Å²) in [5.41, 5.74) is 6.51. The van der Waals surface area contributed by atoms with Gasteiger partial charge in [0.25, 0.3) is 0 Å². The minimum absolute atomic E-state index is 0.195. The summed E-state index contributed by atoms with van der Waals surface area (Å²) >= 11 is 0. The number of aryl methyl sites for hydroxylation is 2. The molecule has 0 aliphatic carbocycles. The molecule has 5 unspecified atom stereocenters. The topological polar surface area (TPSA) is 34.2 Å². The summed E-state index contributed by atoms with van der Waals surface area (Å²) in [6.07, 6.45) is 7.24. The molecular weight excluding hydrogens is 358 g/mol. The molecule has 3 aromatic rings. The largest absolute Gasteiger partial charge is 0.375 e. The monoisotopic (exact) mass is 391 g/mol. The second-order valence-corrected chi connectivity index (χ2v) is 9.44. The summed E-state index contributed by atoms with van der Waals surface area (Å²) in [5, 5.41) is 2.64. The van der Waals surface area contributed by atoms with E-state index < -0.39 is 0 Å². The average Bonchev–Trinajstić information content (AvgIpc) is 3.39. The van der Waals surface area contributed by atoms with E-state index >= 15 is 0 Å². The van der Waals surface area contributed by atoms with Crippen molar-refractivity contribution in [3.8, 4) is 0 Å². The molecule has 154 valence electrons. The lowest BCUT2D eigenvalue weighted by Crippen LogP contribution is -2.13. The van der Waals surface area contributed by atoms with Crippen molar-refractivity contribution in [3.63, 3.8) is 0 Å². The molecule has 5 rings (SSSR count). The number of hydrogen-bond donors (Lipinski definition) is 1. The first kappa shape index (κ1) is 19.1. The van der Waals surface area contributed by atoms with Gasteiger partial charge in [-0.05, 0) is 75.5 Å². The van der Waals surface area contributed by atoms with Crippen LogP contribution in [0.5, 0.6) is 0 Å². The third kappa shape index (κ3) is 3.39. The number of rotatable bonds is 4. The molecule has 2 aliphatic heterocycles. The predicted octanol–water partition coefficient (Wildman–Crippen LogP) is 6.75. The zero-order valence-electron chi connectivity index (χ0n) is 18.1. The number of hydrogen-bond acceptors (Lipinski definition) is 2. The van der Waals surface area contributed by atoms with Gasteiger partial charge in [-0.1, -0.05) is 37.3 Å². The summed E-state index contributed by atoms with van der Waals surface area (Å²) in [7, 11) is 0. The first-order valence-electron chi connectivity index (χ1n) is 11.3. The number of benzene rings is 2. The minimum atomic E-state index is 0.195. The second-order valence-electron chi connectivity index (χ2n) is 9.44. The Kier molecular flexibility index (Phi) is 4.92. The number of H-pyrrole nitrogens is 1. The van der Waals surface area contributed by atoms with Crippen molar-refractivity contribution < 1.29 is 9.47 Å². The molecule has 0 radical (unpaired) electrons. The Morgan fingerprint density at radius 3 is 2.48 bits per heavy atom. The molecule has 0 amide bonds. The third-order valence-corrected chi connectivity index (χ3v) is 7.25. The Bertz CT molecular complexity index is 1040. The molecule has 3 heterocycles. The van der Waals surface area contributed by atoms with Crippen LogP contribution in [-0.4, -0.2) is 23.3 Å². The highest BCUT2D eigenvalue weighted by atomic mass is 16.5. The zero-order valence-corrected chi connectivity index (χ0v) is 18.1. The molecule has 2 saturated heterocycles. The Morgan fingerprint density at radius 1 is 0.897 bits per heavy atom. The van der Waals surface area contributed by atoms with E-state index in [1.807, 2.05) is 0 Å². The van der Waals surface area contributed by atoms with Gasteiger partial charge in [0, 0.05) is 21.8 Å². The van der Waals surface area contributed by atoms with Gasteiger partial charge in [0.15, 0.2) is 0 Å².